The molecule has 1 aliphatic carbocycles. The van der Waals surface area contributed by atoms with Crippen molar-refractivity contribution >= 4 is 29.2 Å². The molecule has 0 amide bonds. The molecular weight excluding hydrogens is 301 g/mol. The molecule has 0 aromatic heterocycles. The van der Waals surface area contributed by atoms with Gasteiger partial charge in [-0.25, -0.2) is 0 Å². The fraction of sp³-hybridized carbons (Fsp3) is 0.857. The molecule has 10 heteroatoms. The first-order valence-electron chi connectivity index (χ1n) is 3.94. The minimum Gasteiger partial charge on any atom is -0.469 e. The van der Waals surface area contributed by atoms with Gasteiger partial charge in [0.15, 0.2) is 9.75 Å². The molecular formula is C7H4Cl2F6O2. The van der Waals surface area contributed by atoms with Crippen LogP contribution in [0, 0.1) is 5.92 Å². The second-order valence-corrected chi connectivity index (χ2v) is 4.57. The monoisotopic (exact) mass is 304 g/mol. The predicted octanol–water partition coefficient (Wildman–Crippen LogP) is 2.87. The largest absolute Gasteiger partial charge is 0.469 e. The van der Waals surface area contributed by atoms with Gasteiger partial charge >= 0.3 is 18.3 Å². The average Bonchev–Trinajstić information content (AvgIpc) is 2.65. The van der Waals surface area contributed by atoms with Gasteiger partial charge in [-0.3, -0.25) is 4.79 Å². The van der Waals surface area contributed by atoms with Crippen LogP contribution in [0.25, 0.3) is 0 Å². The zero-order valence-electron chi connectivity index (χ0n) is 7.92. The van der Waals surface area contributed by atoms with Gasteiger partial charge in [-0.05, 0) is 0 Å². The van der Waals surface area contributed by atoms with E-state index in [1.807, 2.05) is 0 Å². The van der Waals surface area contributed by atoms with E-state index in [0.717, 1.165) is 0 Å². The summed E-state index contributed by atoms with van der Waals surface area (Å²) >= 11 is 9.75. The standard InChI is InChI=1S/C7H4Cl2F6O2/c1-17-3(16)2-4(8,6(10,11)12)5(2,9)7(13,14)15/h2H,1H3. The Balaban J connectivity index is 3.28. The Morgan fingerprint density at radius 1 is 1.06 bits per heavy atom. The molecule has 0 N–H and O–H groups in total. The Kier molecular flexibility index (Phi) is 3.08. The number of halogens is 8. The van der Waals surface area contributed by atoms with Crippen LogP contribution in [-0.4, -0.2) is 35.2 Å². The number of esters is 1. The van der Waals surface area contributed by atoms with Crippen LogP contribution >= 0.6 is 23.2 Å². The smallest absolute Gasteiger partial charge is 0.410 e. The molecule has 2 atom stereocenters. The first-order valence-corrected chi connectivity index (χ1v) is 4.70. The third-order valence-electron chi connectivity index (χ3n) is 2.50. The Morgan fingerprint density at radius 3 is 1.53 bits per heavy atom. The first kappa shape index (κ1) is 14.7. The molecule has 2 nitrogen and oxygen atoms in total. The predicted molar refractivity (Wildman–Crippen MR) is 44.8 cm³/mol. The van der Waals surface area contributed by atoms with Crippen molar-refractivity contribution in [2.45, 2.75) is 22.1 Å². The van der Waals surface area contributed by atoms with Gasteiger partial charge in [0.1, 0.15) is 5.92 Å². The molecule has 0 aliphatic heterocycles. The maximum absolute atomic E-state index is 12.5. The summed E-state index contributed by atoms with van der Waals surface area (Å²) in [5.74, 6) is -4.48. The lowest BCUT2D eigenvalue weighted by Crippen LogP contribution is -2.40. The molecule has 1 aliphatic rings. The van der Waals surface area contributed by atoms with E-state index in [4.69, 9.17) is 23.2 Å². The number of methoxy groups -OCH3 is 1. The zero-order chi connectivity index (χ0) is 13.9. The highest BCUT2D eigenvalue weighted by Gasteiger charge is 2.98. The molecule has 1 fully saturated rings. The quantitative estimate of drug-likeness (QED) is 0.423. The molecule has 2 unspecified atom stereocenters. The van der Waals surface area contributed by atoms with E-state index in [1.54, 1.807) is 0 Å². The van der Waals surface area contributed by atoms with Crippen molar-refractivity contribution in [3.8, 4) is 0 Å². The second-order valence-electron chi connectivity index (χ2n) is 3.38. The van der Waals surface area contributed by atoms with Gasteiger partial charge in [-0.2, -0.15) is 26.3 Å². The van der Waals surface area contributed by atoms with E-state index in [9.17, 15) is 31.1 Å². The fourth-order valence-electron chi connectivity index (χ4n) is 1.59. The Labute approximate surface area is 101 Å². The third-order valence-corrected chi connectivity index (χ3v) is 4.06. The van der Waals surface area contributed by atoms with Crippen molar-refractivity contribution in [3.63, 3.8) is 0 Å². The summed E-state index contributed by atoms with van der Waals surface area (Å²) in [5, 5.41) is 0. The van der Waals surface area contributed by atoms with Gasteiger partial charge in [0.2, 0.25) is 0 Å². The number of carbonyl (C=O) groups is 1. The summed E-state index contributed by atoms with van der Waals surface area (Å²) in [6, 6.07) is 0. The maximum atomic E-state index is 12.5. The highest BCUT2D eigenvalue weighted by atomic mass is 35.5. The number of alkyl halides is 8. The van der Waals surface area contributed by atoms with Crippen molar-refractivity contribution in [2.75, 3.05) is 7.11 Å². The van der Waals surface area contributed by atoms with E-state index >= 15 is 0 Å². The highest BCUT2D eigenvalue weighted by Crippen LogP contribution is 2.75. The second kappa shape index (κ2) is 3.57. The van der Waals surface area contributed by atoms with E-state index in [-0.39, 0.29) is 0 Å². The summed E-state index contributed by atoms with van der Waals surface area (Å²) < 4.78 is 78.7. The molecule has 1 saturated carbocycles. The van der Waals surface area contributed by atoms with Crippen molar-refractivity contribution in [1.82, 2.24) is 0 Å². The first-order chi connectivity index (χ1) is 7.35. The molecule has 100 valence electrons. The number of ether oxygens (including phenoxy) is 1. The molecule has 0 aromatic rings. The lowest BCUT2D eigenvalue weighted by molar-refractivity contribution is -0.176. The topological polar surface area (TPSA) is 26.3 Å². The van der Waals surface area contributed by atoms with Gasteiger partial charge in [0.25, 0.3) is 0 Å². The normalized spacial score (nSPS) is 37.8. The number of carbonyl (C=O) groups excluding carboxylic acids is 1. The Hall–Kier alpha value is -0.370. The molecule has 0 radical (unpaired) electrons. The number of hydrogen-bond acceptors (Lipinski definition) is 2. The fourth-order valence-corrected chi connectivity index (χ4v) is 2.47. The Bertz CT molecular complexity index is 327. The van der Waals surface area contributed by atoms with E-state index in [2.05, 4.69) is 4.74 Å². The van der Waals surface area contributed by atoms with Crippen molar-refractivity contribution < 1.29 is 35.9 Å². The molecule has 17 heavy (non-hydrogen) atoms. The van der Waals surface area contributed by atoms with Crippen LogP contribution in [0.2, 0.25) is 0 Å². The summed E-state index contributed by atoms with van der Waals surface area (Å²) in [6.07, 6.45) is -11.0. The highest BCUT2D eigenvalue weighted by molar-refractivity contribution is 6.43. The van der Waals surface area contributed by atoms with E-state index in [0.29, 0.717) is 7.11 Å². The summed E-state index contributed by atoms with van der Waals surface area (Å²) in [4.78, 5) is 3.12. The number of rotatable bonds is 1. The van der Waals surface area contributed by atoms with Crippen LogP contribution in [0.5, 0.6) is 0 Å². The summed E-state index contributed by atoms with van der Waals surface area (Å²) in [6.45, 7) is 0. The minimum absolute atomic E-state index is 0.641. The van der Waals surface area contributed by atoms with Crippen LogP contribution in [0.4, 0.5) is 26.3 Å². The van der Waals surface area contributed by atoms with Crippen LogP contribution in [-0.2, 0) is 9.53 Å². The molecule has 0 spiro atoms. The summed E-state index contributed by atoms with van der Waals surface area (Å²) in [7, 11) is 0.641. The van der Waals surface area contributed by atoms with Crippen molar-refractivity contribution in [3.05, 3.63) is 0 Å². The van der Waals surface area contributed by atoms with Crippen LogP contribution in [0.1, 0.15) is 0 Å². The lowest BCUT2D eigenvalue weighted by atomic mass is 10.3. The van der Waals surface area contributed by atoms with Gasteiger partial charge in [0, 0.05) is 0 Å². The molecule has 1 rings (SSSR count). The van der Waals surface area contributed by atoms with Gasteiger partial charge in [-0.1, -0.05) is 0 Å². The molecule has 0 bridgehead atoms. The molecule has 0 aromatic carbocycles. The van der Waals surface area contributed by atoms with Gasteiger partial charge in [-0.15, -0.1) is 23.2 Å². The maximum Gasteiger partial charge on any atom is 0.410 e. The van der Waals surface area contributed by atoms with E-state index in [1.165, 1.54) is 0 Å². The zero-order valence-corrected chi connectivity index (χ0v) is 9.43. The lowest BCUT2D eigenvalue weighted by Gasteiger charge is -2.19. The number of hydrogen-bond donors (Lipinski definition) is 0. The van der Waals surface area contributed by atoms with Gasteiger partial charge in [0.05, 0.1) is 7.11 Å². The SMILES string of the molecule is COC(=O)C1C(Cl)(C(F)(F)F)C1(Cl)C(F)(F)F. The van der Waals surface area contributed by atoms with E-state index < -0.39 is 34.0 Å². The van der Waals surface area contributed by atoms with Crippen molar-refractivity contribution in [1.29, 1.82) is 0 Å². The molecule has 0 saturated heterocycles. The van der Waals surface area contributed by atoms with Crippen molar-refractivity contribution in [2.24, 2.45) is 5.92 Å². The van der Waals surface area contributed by atoms with Crippen LogP contribution in [0.15, 0.2) is 0 Å². The van der Waals surface area contributed by atoms with Crippen LogP contribution < -0.4 is 0 Å². The Morgan fingerprint density at radius 2 is 1.35 bits per heavy atom. The third kappa shape index (κ3) is 1.60. The van der Waals surface area contributed by atoms with Crippen LogP contribution in [0.3, 0.4) is 0 Å². The average molecular weight is 305 g/mol. The summed E-state index contributed by atoms with van der Waals surface area (Å²) in [5.41, 5.74) is 0. The molecule has 0 heterocycles. The minimum atomic E-state index is -5.50. The van der Waals surface area contributed by atoms with Gasteiger partial charge < -0.3 is 4.74 Å².